The van der Waals surface area contributed by atoms with Crippen LogP contribution >= 0.6 is 0 Å². The lowest BCUT2D eigenvalue weighted by Gasteiger charge is -2.14. The summed E-state index contributed by atoms with van der Waals surface area (Å²) in [5.41, 5.74) is 0. The summed E-state index contributed by atoms with van der Waals surface area (Å²) >= 11 is 0. The van der Waals surface area contributed by atoms with Crippen molar-refractivity contribution in [3.63, 3.8) is 0 Å². The van der Waals surface area contributed by atoms with E-state index in [4.69, 9.17) is 5.11 Å². The molecule has 2 unspecified atom stereocenters. The molecule has 0 saturated heterocycles. The molecule has 2 aliphatic carbocycles. The van der Waals surface area contributed by atoms with E-state index in [9.17, 15) is 4.79 Å². The van der Waals surface area contributed by atoms with E-state index < -0.39 is 5.97 Å². The first-order valence-electron chi connectivity index (χ1n) is 5.89. The SMILES string of the molecule is CC1CC2CCC(C(=O)O)CCC2C1. The first kappa shape index (κ1) is 10.0. The Kier molecular flexibility index (Phi) is 2.80. The number of fused-ring (bicyclic) bond motifs is 1. The second-order valence-electron chi connectivity index (χ2n) is 5.29. The third kappa shape index (κ3) is 1.94. The smallest absolute Gasteiger partial charge is 0.306 e. The van der Waals surface area contributed by atoms with E-state index >= 15 is 0 Å². The first-order valence-corrected chi connectivity index (χ1v) is 5.89. The zero-order valence-electron chi connectivity index (χ0n) is 8.91. The quantitative estimate of drug-likeness (QED) is 0.700. The highest BCUT2D eigenvalue weighted by Crippen LogP contribution is 2.44. The second kappa shape index (κ2) is 3.92. The van der Waals surface area contributed by atoms with Gasteiger partial charge in [-0.25, -0.2) is 0 Å². The van der Waals surface area contributed by atoms with E-state index in [1.54, 1.807) is 0 Å². The van der Waals surface area contributed by atoms with Crippen LogP contribution in [0.15, 0.2) is 0 Å². The standard InChI is InChI=1S/C12H20O2/c1-8-6-10-4-2-9(12(13)14)3-5-11(10)7-8/h8-11H,2-7H2,1H3,(H,13,14). The van der Waals surface area contributed by atoms with Gasteiger partial charge in [0, 0.05) is 0 Å². The highest BCUT2D eigenvalue weighted by Gasteiger charge is 2.35. The number of carbonyl (C=O) groups is 1. The average Bonchev–Trinajstić information content (AvgIpc) is 2.34. The summed E-state index contributed by atoms with van der Waals surface area (Å²) in [4.78, 5) is 10.9. The Labute approximate surface area is 85.7 Å². The van der Waals surface area contributed by atoms with Crippen molar-refractivity contribution in [1.29, 1.82) is 0 Å². The number of carboxylic acids is 1. The lowest BCUT2D eigenvalue weighted by molar-refractivity contribution is -0.142. The number of aliphatic carboxylic acids is 1. The van der Waals surface area contributed by atoms with Gasteiger partial charge in [-0.2, -0.15) is 0 Å². The van der Waals surface area contributed by atoms with Crippen molar-refractivity contribution in [2.45, 2.75) is 45.4 Å². The van der Waals surface area contributed by atoms with Crippen molar-refractivity contribution >= 4 is 5.97 Å². The van der Waals surface area contributed by atoms with Crippen molar-refractivity contribution in [3.8, 4) is 0 Å². The predicted molar refractivity (Wildman–Crippen MR) is 55.0 cm³/mol. The van der Waals surface area contributed by atoms with Crippen molar-refractivity contribution in [3.05, 3.63) is 0 Å². The van der Waals surface area contributed by atoms with E-state index in [-0.39, 0.29) is 5.92 Å². The molecule has 2 atom stereocenters. The van der Waals surface area contributed by atoms with Gasteiger partial charge in [0.25, 0.3) is 0 Å². The Morgan fingerprint density at radius 3 is 2.00 bits per heavy atom. The highest BCUT2D eigenvalue weighted by molar-refractivity contribution is 5.69. The van der Waals surface area contributed by atoms with E-state index in [1.165, 1.54) is 12.8 Å². The molecule has 0 aromatic carbocycles. The maximum atomic E-state index is 10.9. The topological polar surface area (TPSA) is 37.3 Å². The summed E-state index contributed by atoms with van der Waals surface area (Å²) in [6.07, 6.45) is 6.85. The van der Waals surface area contributed by atoms with Crippen molar-refractivity contribution in [1.82, 2.24) is 0 Å². The number of hydrogen-bond donors (Lipinski definition) is 1. The molecule has 0 aromatic heterocycles. The zero-order chi connectivity index (χ0) is 10.1. The van der Waals surface area contributed by atoms with Crippen LogP contribution in [-0.4, -0.2) is 11.1 Å². The summed E-state index contributed by atoms with van der Waals surface area (Å²) in [6.45, 7) is 2.34. The van der Waals surface area contributed by atoms with Crippen LogP contribution in [0.1, 0.15) is 45.4 Å². The molecule has 2 heteroatoms. The molecule has 80 valence electrons. The Balaban J connectivity index is 1.95. The predicted octanol–water partition coefficient (Wildman–Crippen LogP) is 2.92. The van der Waals surface area contributed by atoms with Gasteiger partial charge in [-0.3, -0.25) is 4.79 Å². The summed E-state index contributed by atoms with van der Waals surface area (Å²) in [5, 5.41) is 8.98. The summed E-state index contributed by atoms with van der Waals surface area (Å²) < 4.78 is 0. The van der Waals surface area contributed by atoms with Gasteiger partial charge in [0.15, 0.2) is 0 Å². The van der Waals surface area contributed by atoms with Gasteiger partial charge < -0.3 is 5.11 Å². The fourth-order valence-electron chi connectivity index (χ4n) is 3.44. The molecule has 0 heterocycles. The van der Waals surface area contributed by atoms with Gasteiger partial charge in [-0.1, -0.05) is 6.92 Å². The zero-order valence-corrected chi connectivity index (χ0v) is 8.91. The van der Waals surface area contributed by atoms with E-state index in [0.29, 0.717) is 0 Å². The van der Waals surface area contributed by atoms with Crippen LogP contribution in [-0.2, 0) is 4.79 Å². The van der Waals surface area contributed by atoms with Crippen LogP contribution in [0.2, 0.25) is 0 Å². The minimum Gasteiger partial charge on any atom is -0.481 e. The number of carboxylic acid groups (broad SMARTS) is 1. The fraction of sp³-hybridized carbons (Fsp3) is 0.917. The Morgan fingerprint density at radius 2 is 1.57 bits per heavy atom. The van der Waals surface area contributed by atoms with Gasteiger partial charge in [-0.05, 0) is 56.3 Å². The Morgan fingerprint density at radius 1 is 1.07 bits per heavy atom. The summed E-state index contributed by atoms with van der Waals surface area (Å²) in [5.74, 6) is 1.95. The molecule has 2 rings (SSSR count). The van der Waals surface area contributed by atoms with Gasteiger partial charge in [0.1, 0.15) is 0 Å². The molecule has 0 radical (unpaired) electrons. The lowest BCUT2D eigenvalue weighted by Crippen LogP contribution is -2.12. The Hall–Kier alpha value is -0.530. The van der Waals surface area contributed by atoms with Gasteiger partial charge in [0.05, 0.1) is 5.92 Å². The Bertz CT molecular complexity index is 208. The maximum absolute atomic E-state index is 10.9. The van der Waals surface area contributed by atoms with Gasteiger partial charge in [-0.15, -0.1) is 0 Å². The lowest BCUT2D eigenvalue weighted by atomic mass is 9.92. The van der Waals surface area contributed by atoms with Gasteiger partial charge in [0.2, 0.25) is 0 Å². The van der Waals surface area contributed by atoms with Crippen molar-refractivity contribution in [2.75, 3.05) is 0 Å². The number of hydrogen-bond acceptors (Lipinski definition) is 1. The van der Waals surface area contributed by atoms with Crippen LogP contribution in [0.5, 0.6) is 0 Å². The van der Waals surface area contributed by atoms with Gasteiger partial charge >= 0.3 is 5.97 Å². The van der Waals surface area contributed by atoms with Crippen molar-refractivity contribution in [2.24, 2.45) is 23.7 Å². The third-order valence-corrected chi connectivity index (χ3v) is 4.20. The third-order valence-electron chi connectivity index (χ3n) is 4.20. The minimum atomic E-state index is -0.571. The molecule has 0 aliphatic heterocycles. The summed E-state index contributed by atoms with van der Waals surface area (Å²) in [7, 11) is 0. The van der Waals surface area contributed by atoms with E-state index in [0.717, 1.165) is 43.4 Å². The molecule has 2 fully saturated rings. The van der Waals surface area contributed by atoms with E-state index in [1.807, 2.05) is 0 Å². The maximum Gasteiger partial charge on any atom is 0.306 e. The molecule has 0 aromatic rings. The molecule has 2 saturated carbocycles. The monoisotopic (exact) mass is 196 g/mol. The van der Waals surface area contributed by atoms with Crippen LogP contribution in [0.25, 0.3) is 0 Å². The largest absolute Gasteiger partial charge is 0.481 e. The van der Waals surface area contributed by atoms with Crippen LogP contribution in [0.3, 0.4) is 0 Å². The average molecular weight is 196 g/mol. The normalized spacial score (nSPS) is 42.9. The van der Waals surface area contributed by atoms with Crippen LogP contribution in [0, 0.1) is 23.7 Å². The first-order chi connectivity index (χ1) is 6.66. The molecular formula is C12H20O2. The molecule has 14 heavy (non-hydrogen) atoms. The number of rotatable bonds is 1. The molecule has 1 N–H and O–H groups in total. The van der Waals surface area contributed by atoms with Crippen LogP contribution in [0.4, 0.5) is 0 Å². The molecule has 0 spiro atoms. The van der Waals surface area contributed by atoms with Crippen molar-refractivity contribution < 1.29 is 9.90 Å². The molecule has 2 nitrogen and oxygen atoms in total. The fourth-order valence-corrected chi connectivity index (χ4v) is 3.44. The molecule has 0 amide bonds. The minimum absolute atomic E-state index is 0.0455. The molecule has 0 bridgehead atoms. The molecule has 2 aliphatic rings. The van der Waals surface area contributed by atoms with E-state index in [2.05, 4.69) is 6.92 Å². The van der Waals surface area contributed by atoms with Crippen LogP contribution < -0.4 is 0 Å². The summed E-state index contributed by atoms with van der Waals surface area (Å²) in [6, 6.07) is 0. The highest BCUT2D eigenvalue weighted by atomic mass is 16.4. The molecular weight excluding hydrogens is 176 g/mol. The second-order valence-corrected chi connectivity index (χ2v) is 5.29.